The van der Waals surface area contributed by atoms with Crippen molar-refractivity contribution in [3.63, 3.8) is 0 Å². The van der Waals surface area contributed by atoms with E-state index in [1.54, 1.807) is 12.3 Å². The van der Waals surface area contributed by atoms with Gasteiger partial charge in [0.2, 0.25) is 0 Å². The summed E-state index contributed by atoms with van der Waals surface area (Å²) in [5, 5.41) is 4.01. The van der Waals surface area contributed by atoms with E-state index in [2.05, 4.69) is 34.6 Å². The second-order valence-corrected chi connectivity index (χ2v) is 5.29. The van der Waals surface area contributed by atoms with Crippen molar-refractivity contribution in [1.29, 1.82) is 0 Å². The molecule has 4 heteroatoms. The zero-order chi connectivity index (χ0) is 13.2. The maximum absolute atomic E-state index is 6.17. The standard InChI is InChI=1S/C15H16ClN3/c16-13-8-11(17)9-18-15(13)19-14-7-3-5-10-4-1-2-6-12(10)14/h1-2,4,6,8-9,14H,3,5,7,17H2,(H,18,19). The van der Waals surface area contributed by atoms with Crippen LogP contribution in [0.2, 0.25) is 5.02 Å². The maximum atomic E-state index is 6.17. The van der Waals surface area contributed by atoms with Crippen molar-refractivity contribution >= 4 is 23.1 Å². The summed E-state index contributed by atoms with van der Waals surface area (Å²) in [7, 11) is 0. The average molecular weight is 274 g/mol. The van der Waals surface area contributed by atoms with Gasteiger partial charge in [-0.05, 0) is 36.5 Å². The number of halogens is 1. The molecule has 3 N–H and O–H groups in total. The molecule has 3 nitrogen and oxygen atoms in total. The Morgan fingerprint density at radius 2 is 2.16 bits per heavy atom. The Balaban J connectivity index is 1.88. The second kappa shape index (κ2) is 5.10. The van der Waals surface area contributed by atoms with Gasteiger partial charge in [-0.25, -0.2) is 4.98 Å². The summed E-state index contributed by atoms with van der Waals surface area (Å²) < 4.78 is 0. The molecule has 0 aliphatic heterocycles. The molecule has 0 saturated carbocycles. The first-order valence-electron chi connectivity index (χ1n) is 6.49. The van der Waals surface area contributed by atoms with Crippen LogP contribution in [0.1, 0.15) is 30.0 Å². The summed E-state index contributed by atoms with van der Waals surface area (Å²) in [6, 6.07) is 10.6. The van der Waals surface area contributed by atoms with Gasteiger partial charge in [-0.2, -0.15) is 0 Å². The topological polar surface area (TPSA) is 50.9 Å². The molecular weight excluding hydrogens is 258 g/mol. The highest BCUT2D eigenvalue weighted by Crippen LogP contribution is 2.33. The van der Waals surface area contributed by atoms with E-state index in [1.807, 2.05) is 0 Å². The number of nitrogen functional groups attached to an aromatic ring is 1. The monoisotopic (exact) mass is 273 g/mol. The van der Waals surface area contributed by atoms with Crippen LogP contribution in [0.3, 0.4) is 0 Å². The number of benzene rings is 1. The van der Waals surface area contributed by atoms with Gasteiger partial charge in [-0.15, -0.1) is 0 Å². The van der Waals surface area contributed by atoms with Crippen LogP contribution in [-0.4, -0.2) is 4.98 Å². The molecule has 1 aliphatic rings. The SMILES string of the molecule is Nc1cnc(NC2CCCc3ccccc32)c(Cl)c1. The van der Waals surface area contributed by atoms with Gasteiger partial charge in [0.1, 0.15) is 5.82 Å². The number of nitrogens with one attached hydrogen (secondary N) is 1. The quantitative estimate of drug-likeness (QED) is 0.875. The molecule has 0 spiro atoms. The van der Waals surface area contributed by atoms with Gasteiger partial charge in [-0.1, -0.05) is 35.9 Å². The molecule has 1 aromatic carbocycles. The number of pyridine rings is 1. The van der Waals surface area contributed by atoms with Gasteiger partial charge >= 0.3 is 0 Å². The lowest BCUT2D eigenvalue weighted by Crippen LogP contribution is -2.18. The molecule has 0 saturated heterocycles. The Labute approximate surface area is 117 Å². The van der Waals surface area contributed by atoms with Gasteiger partial charge in [-0.3, -0.25) is 0 Å². The lowest BCUT2D eigenvalue weighted by molar-refractivity contribution is 0.599. The van der Waals surface area contributed by atoms with Gasteiger partial charge in [0.25, 0.3) is 0 Å². The van der Waals surface area contributed by atoms with Crippen LogP contribution in [-0.2, 0) is 6.42 Å². The van der Waals surface area contributed by atoms with Crippen LogP contribution in [0.5, 0.6) is 0 Å². The van der Waals surface area contributed by atoms with E-state index in [9.17, 15) is 0 Å². The van der Waals surface area contributed by atoms with E-state index in [0.717, 1.165) is 12.8 Å². The highest BCUT2D eigenvalue weighted by atomic mass is 35.5. The largest absolute Gasteiger partial charge is 0.397 e. The van der Waals surface area contributed by atoms with Gasteiger partial charge in [0.05, 0.1) is 22.9 Å². The van der Waals surface area contributed by atoms with Gasteiger partial charge in [0, 0.05) is 0 Å². The Bertz CT molecular complexity index is 598. The summed E-state index contributed by atoms with van der Waals surface area (Å²) in [5.74, 6) is 0.706. The van der Waals surface area contributed by atoms with E-state index in [0.29, 0.717) is 16.5 Å². The minimum Gasteiger partial charge on any atom is -0.397 e. The molecule has 1 heterocycles. The molecule has 0 amide bonds. The Morgan fingerprint density at radius 3 is 3.00 bits per heavy atom. The van der Waals surface area contributed by atoms with Gasteiger partial charge in [0.15, 0.2) is 0 Å². The zero-order valence-electron chi connectivity index (χ0n) is 10.6. The smallest absolute Gasteiger partial charge is 0.145 e. The number of nitrogens with two attached hydrogens (primary N) is 1. The number of rotatable bonds is 2. The molecule has 19 heavy (non-hydrogen) atoms. The van der Waals surface area contributed by atoms with E-state index in [4.69, 9.17) is 17.3 Å². The van der Waals surface area contributed by atoms with Crippen LogP contribution < -0.4 is 11.1 Å². The van der Waals surface area contributed by atoms with Crippen LogP contribution in [0, 0.1) is 0 Å². The molecule has 2 aromatic rings. The number of anilines is 2. The van der Waals surface area contributed by atoms with Crippen molar-refractivity contribution < 1.29 is 0 Å². The fourth-order valence-electron chi connectivity index (χ4n) is 2.63. The molecule has 98 valence electrons. The molecule has 0 fully saturated rings. The number of hydrogen-bond donors (Lipinski definition) is 2. The summed E-state index contributed by atoms with van der Waals surface area (Å²) >= 11 is 6.17. The summed E-state index contributed by atoms with van der Waals surface area (Å²) in [5.41, 5.74) is 9.01. The third-order valence-corrected chi connectivity index (χ3v) is 3.83. The summed E-state index contributed by atoms with van der Waals surface area (Å²) in [6.07, 6.45) is 5.06. The summed E-state index contributed by atoms with van der Waals surface area (Å²) in [6.45, 7) is 0. The van der Waals surface area contributed by atoms with Crippen molar-refractivity contribution in [3.05, 3.63) is 52.7 Å². The second-order valence-electron chi connectivity index (χ2n) is 4.89. The van der Waals surface area contributed by atoms with E-state index in [-0.39, 0.29) is 6.04 Å². The van der Waals surface area contributed by atoms with Crippen molar-refractivity contribution in [1.82, 2.24) is 4.98 Å². The molecule has 0 bridgehead atoms. The highest BCUT2D eigenvalue weighted by Gasteiger charge is 2.20. The predicted octanol–water partition coefficient (Wildman–Crippen LogP) is 3.81. The first kappa shape index (κ1) is 12.3. The fraction of sp³-hybridized carbons (Fsp3) is 0.267. The van der Waals surface area contributed by atoms with Crippen molar-refractivity contribution in [2.24, 2.45) is 0 Å². The average Bonchev–Trinajstić information content (AvgIpc) is 2.42. The maximum Gasteiger partial charge on any atom is 0.145 e. The molecule has 1 aliphatic carbocycles. The minimum atomic E-state index is 0.276. The zero-order valence-corrected chi connectivity index (χ0v) is 11.3. The lowest BCUT2D eigenvalue weighted by Gasteiger charge is -2.27. The van der Waals surface area contributed by atoms with Crippen molar-refractivity contribution in [2.75, 3.05) is 11.1 Å². The first-order valence-corrected chi connectivity index (χ1v) is 6.87. The Morgan fingerprint density at radius 1 is 1.32 bits per heavy atom. The third kappa shape index (κ3) is 2.51. The van der Waals surface area contributed by atoms with Gasteiger partial charge < -0.3 is 11.1 Å². The number of fused-ring (bicyclic) bond motifs is 1. The number of nitrogens with zero attached hydrogens (tertiary/aromatic N) is 1. The Kier molecular flexibility index (Phi) is 3.30. The van der Waals surface area contributed by atoms with E-state index >= 15 is 0 Å². The van der Waals surface area contributed by atoms with E-state index < -0.39 is 0 Å². The van der Waals surface area contributed by atoms with Crippen LogP contribution in [0.25, 0.3) is 0 Å². The van der Waals surface area contributed by atoms with E-state index in [1.165, 1.54) is 17.5 Å². The molecule has 1 atom stereocenters. The van der Waals surface area contributed by atoms with Crippen LogP contribution in [0.4, 0.5) is 11.5 Å². The first-order chi connectivity index (χ1) is 9.24. The molecule has 1 unspecified atom stereocenters. The van der Waals surface area contributed by atoms with Crippen molar-refractivity contribution in [2.45, 2.75) is 25.3 Å². The molecule has 0 radical (unpaired) electrons. The predicted molar refractivity (Wildman–Crippen MR) is 79.4 cm³/mol. The Hall–Kier alpha value is -1.74. The number of aromatic nitrogens is 1. The molecular formula is C15H16ClN3. The number of hydrogen-bond acceptors (Lipinski definition) is 3. The highest BCUT2D eigenvalue weighted by molar-refractivity contribution is 6.33. The normalized spacial score (nSPS) is 17.8. The lowest BCUT2D eigenvalue weighted by atomic mass is 9.88. The fourth-order valence-corrected chi connectivity index (χ4v) is 2.86. The van der Waals surface area contributed by atoms with Crippen LogP contribution in [0.15, 0.2) is 36.5 Å². The van der Waals surface area contributed by atoms with Crippen LogP contribution >= 0.6 is 11.6 Å². The molecule has 1 aromatic heterocycles. The molecule has 3 rings (SSSR count). The third-order valence-electron chi connectivity index (χ3n) is 3.54. The minimum absolute atomic E-state index is 0.276. The summed E-state index contributed by atoms with van der Waals surface area (Å²) in [4.78, 5) is 4.28. The number of aryl methyl sites for hydroxylation is 1. The van der Waals surface area contributed by atoms with Crippen molar-refractivity contribution in [3.8, 4) is 0 Å².